The Labute approximate surface area is 123 Å². The fourth-order valence-electron chi connectivity index (χ4n) is 2.78. The first-order valence-corrected chi connectivity index (χ1v) is 12.1. The van der Waals surface area contributed by atoms with Gasteiger partial charge in [-0.1, -0.05) is 0 Å². The molecular weight excluding hydrogens is 290 g/mol. The molecule has 20 heavy (non-hydrogen) atoms. The van der Waals surface area contributed by atoms with Crippen molar-refractivity contribution in [1.82, 2.24) is 0 Å². The van der Waals surface area contributed by atoms with Crippen LogP contribution < -0.4 is 0 Å². The fourth-order valence-corrected chi connectivity index (χ4v) is 11.1. The van der Waals surface area contributed by atoms with Crippen LogP contribution in [-0.2, 0) is 15.0 Å². The van der Waals surface area contributed by atoms with Crippen molar-refractivity contribution in [3.8, 4) is 0 Å². The Hall–Kier alpha value is -0.200. The molecule has 1 atom stereocenters. The third-order valence-electron chi connectivity index (χ3n) is 4.78. The summed E-state index contributed by atoms with van der Waals surface area (Å²) >= 11 is 0. The molecule has 0 bridgehead atoms. The van der Waals surface area contributed by atoms with Gasteiger partial charge in [-0.25, -0.2) is 0 Å². The van der Waals surface area contributed by atoms with Gasteiger partial charge in [0, 0.05) is 0 Å². The van der Waals surface area contributed by atoms with E-state index in [0.29, 0.717) is 0 Å². The van der Waals surface area contributed by atoms with Gasteiger partial charge in [0.1, 0.15) is 0 Å². The monoisotopic (exact) mass is 318 g/mol. The van der Waals surface area contributed by atoms with E-state index in [-0.39, 0.29) is 6.16 Å². The summed E-state index contributed by atoms with van der Waals surface area (Å²) in [7, 11) is -3.61. The average Bonchev–Trinajstić information content (AvgIpc) is 2.46. The molecule has 0 saturated carbocycles. The molecule has 1 N–H and O–H groups in total. The number of benzene rings is 1. The van der Waals surface area contributed by atoms with E-state index < -0.39 is 14.4 Å². The Morgan fingerprint density at radius 1 is 1.00 bits per heavy atom. The van der Waals surface area contributed by atoms with Crippen LogP contribution in [0.25, 0.3) is 0 Å². The summed E-state index contributed by atoms with van der Waals surface area (Å²) < 4.78 is 18.7. The molecule has 0 radical (unpaired) electrons. The van der Waals surface area contributed by atoms with E-state index in [0.717, 1.165) is 30.2 Å². The van der Waals surface area contributed by atoms with Crippen molar-refractivity contribution in [1.29, 1.82) is 0 Å². The zero-order valence-electron chi connectivity index (χ0n) is 13.1. The number of hydrogen-bond donors (Lipinski definition) is 1. The molecule has 0 aliphatic rings. The summed E-state index contributed by atoms with van der Waals surface area (Å²) in [5.74, 6) is 0. The molecule has 0 aliphatic heterocycles. The van der Waals surface area contributed by atoms with Gasteiger partial charge in [-0.3, -0.25) is 0 Å². The van der Waals surface area contributed by atoms with Crippen LogP contribution in [0.4, 0.5) is 0 Å². The molecule has 0 aromatic heterocycles. The van der Waals surface area contributed by atoms with Gasteiger partial charge in [-0.05, 0) is 0 Å². The van der Waals surface area contributed by atoms with E-state index in [2.05, 4.69) is 27.7 Å². The van der Waals surface area contributed by atoms with Gasteiger partial charge in [0.25, 0.3) is 0 Å². The second-order valence-corrected chi connectivity index (χ2v) is 14.0. The van der Waals surface area contributed by atoms with Gasteiger partial charge in [0.05, 0.1) is 0 Å². The molecule has 0 saturated heterocycles. The quantitative estimate of drug-likeness (QED) is 0.691. The Balaban J connectivity index is 3.01. The van der Waals surface area contributed by atoms with Crippen molar-refractivity contribution in [3.63, 3.8) is 0 Å². The predicted molar refractivity (Wildman–Crippen MR) is 90.1 cm³/mol. The summed E-state index contributed by atoms with van der Waals surface area (Å²) in [6.45, 7) is 5.85. The van der Waals surface area contributed by atoms with E-state index in [4.69, 9.17) is 4.31 Å². The van der Waals surface area contributed by atoms with Gasteiger partial charge in [0.15, 0.2) is 0 Å². The van der Waals surface area contributed by atoms with Crippen molar-refractivity contribution < 1.29 is 13.8 Å². The maximum atomic E-state index is 12.6. The molecular formula is C15H28O3P2. The molecule has 0 spiro atoms. The third kappa shape index (κ3) is 3.92. The van der Waals surface area contributed by atoms with Crippen LogP contribution in [0.5, 0.6) is 0 Å². The molecule has 0 amide bonds. The fraction of sp³-hybridized carbons (Fsp3) is 0.600. The molecule has 1 aromatic carbocycles. The summed E-state index contributed by atoms with van der Waals surface area (Å²) in [4.78, 5) is 10.4. The van der Waals surface area contributed by atoms with Crippen LogP contribution >= 0.6 is 14.4 Å². The van der Waals surface area contributed by atoms with Gasteiger partial charge in [-0.2, -0.15) is 0 Å². The molecule has 1 rings (SSSR count). The number of rotatable bonds is 8. The first kappa shape index (κ1) is 17.9. The van der Waals surface area contributed by atoms with Gasteiger partial charge in [-0.15, -0.1) is 0 Å². The first-order chi connectivity index (χ1) is 9.34. The predicted octanol–water partition coefficient (Wildman–Crippen LogP) is 4.94. The standard InChI is InChI=1S/C15H28O3P2/c1-5-20(6-2,7-3,8-4)18-19(16,17)14-15-12-10-9-11-13-15/h9-13H,5-8,14H2,1-4H3,(H,16,17). The zero-order valence-corrected chi connectivity index (χ0v) is 14.9. The minimum absolute atomic E-state index is 0.103. The van der Waals surface area contributed by atoms with Crippen molar-refractivity contribution in [2.75, 3.05) is 24.6 Å². The number of hydrogen-bond acceptors (Lipinski definition) is 2. The topological polar surface area (TPSA) is 46.5 Å². The SMILES string of the molecule is CCP(CC)(CC)(CC)OP(=O)(O)Cc1ccccc1. The van der Waals surface area contributed by atoms with Crippen LogP contribution in [0.3, 0.4) is 0 Å². The molecule has 5 heteroatoms. The zero-order chi connectivity index (χ0) is 15.3. The van der Waals surface area contributed by atoms with E-state index in [1.165, 1.54) is 0 Å². The van der Waals surface area contributed by atoms with Gasteiger partial charge < -0.3 is 0 Å². The minimum atomic E-state index is -3.61. The van der Waals surface area contributed by atoms with Crippen molar-refractivity contribution in [2.24, 2.45) is 0 Å². The molecule has 0 aliphatic carbocycles. The summed E-state index contributed by atoms with van der Waals surface area (Å²) in [6, 6.07) is 9.42. The maximum absolute atomic E-state index is 12.6. The van der Waals surface area contributed by atoms with Crippen LogP contribution in [0.15, 0.2) is 30.3 Å². The Morgan fingerprint density at radius 3 is 1.85 bits per heavy atom. The van der Waals surface area contributed by atoms with Crippen LogP contribution in [0.1, 0.15) is 33.3 Å². The van der Waals surface area contributed by atoms with E-state index in [1.807, 2.05) is 30.3 Å². The Morgan fingerprint density at radius 2 is 1.45 bits per heavy atom. The second-order valence-electron chi connectivity index (χ2n) is 5.49. The molecule has 3 nitrogen and oxygen atoms in total. The molecule has 1 unspecified atom stereocenters. The van der Waals surface area contributed by atoms with E-state index in [1.54, 1.807) is 0 Å². The van der Waals surface area contributed by atoms with Crippen molar-refractivity contribution in [2.45, 2.75) is 33.9 Å². The molecule has 116 valence electrons. The van der Waals surface area contributed by atoms with Crippen LogP contribution in [0.2, 0.25) is 0 Å². The summed E-state index contributed by atoms with van der Waals surface area (Å²) in [6.07, 6.45) is 3.58. The molecule has 1 aromatic rings. The second kappa shape index (κ2) is 6.71. The van der Waals surface area contributed by atoms with E-state index in [9.17, 15) is 9.46 Å². The van der Waals surface area contributed by atoms with Crippen molar-refractivity contribution >= 4 is 14.4 Å². The van der Waals surface area contributed by atoms with Crippen LogP contribution in [0, 0.1) is 0 Å². The summed E-state index contributed by atoms with van der Waals surface area (Å²) in [5, 5.41) is 0. The van der Waals surface area contributed by atoms with Gasteiger partial charge >= 0.3 is 123 Å². The van der Waals surface area contributed by atoms with Gasteiger partial charge in [0.2, 0.25) is 0 Å². The van der Waals surface area contributed by atoms with E-state index >= 15 is 0 Å². The molecule has 0 heterocycles. The first-order valence-electron chi connectivity index (χ1n) is 7.42. The Bertz CT molecular complexity index is 446. The third-order valence-corrected chi connectivity index (χ3v) is 14.8. The molecule has 0 fully saturated rings. The average molecular weight is 318 g/mol. The van der Waals surface area contributed by atoms with Crippen LogP contribution in [-0.4, -0.2) is 29.5 Å². The normalized spacial score (nSPS) is 17.1. The Kier molecular flexibility index (Phi) is 5.99. The van der Waals surface area contributed by atoms with Crippen molar-refractivity contribution in [3.05, 3.63) is 35.9 Å². The summed E-state index contributed by atoms with van der Waals surface area (Å²) in [5.41, 5.74) is 0.856.